The second kappa shape index (κ2) is 9.78. The Morgan fingerprint density at radius 2 is 1.84 bits per heavy atom. The number of amides is 1. The Morgan fingerprint density at radius 3 is 2.47 bits per heavy atom. The van der Waals surface area contributed by atoms with Crippen LogP contribution in [0.25, 0.3) is 0 Å². The van der Waals surface area contributed by atoms with Gasteiger partial charge in [-0.2, -0.15) is 0 Å². The Morgan fingerprint density at radius 1 is 1.16 bits per heavy atom. The van der Waals surface area contributed by atoms with Gasteiger partial charge < -0.3 is 15.0 Å². The third-order valence-electron chi connectivity index (χ3n) is 3.27. The van der Waals surface area contributed by atoms with E-state index in [1.807, 2.05) is 4.90 Å². The highest BCUT2D eigenvalue weighted by molar-refractivity contribution is 5.78. The van der Waals surface area contributed by atoms with Gasteiger partial charge in [0.25, 0.3) is 0 Å². The first kappa shape index (κ1) is 16.0. The lowest BCUT2D eigenvalue weighted by Gasteiger charge is -2.20. The number of nitrogens with zero attached hydrogens (tertiary/aromatic N) is 1. The average molecular weight is 270 g/mol. The standard InChI is InChI=1S/C14H26N2O3/c1-2-19-14(18)8-7-9-15-12-13(17)16-10-5-3-4-6-11-16/h15H,2-12H2,1H3. The molecule has 110 valence electrons. The van der Waals surface area contributed by atoms with E-state index in [4.69, 9.17) is 4.74 Å². The second-order valence-corrected chi connectivity index (χ2v) is 4.88. The fourth-order valence-electron chi connectivity index (χ4n) is 2.22. The Balaban J connectivity index is 2.04. The molecule has 1 aliphatic heterocycles. The summed E-state index contributed by atoms with van der Waals surface area (Å²) in [5.74, 6) is 0.0150. The zero-order valence-corrected chi connectivity index (χ0v) is 12.0. The molecule has 1 heterocycles. The number of carbonyl (C=O) groups excluding carboxylic acids is 2. The van der Waals surface area contributed by atoms with E-state index in [-0.39, 0.29) is 11.9 Å². The monoisotopic (exact) mass is 270 g/mol. The molecule has 5 nitrogen and oxygen atoms in total. The molecule has 0 aromatic heterocycles. The first-order chi connectivity index (χ1) is 9.24. The molecule has 0 aromatic carbocycles. The first-order valence-electron chi connectivity index (χ1n) is 7.38. The van der Waals surface area contributed by atoms with Crippen molar-refractivity contribution in [2.75, 3.05) is 32.8 Å². The molecular formula is C14H26N2O3. The zero-order chi connectivity index (χ0) is 13.9. The average Bonchev–Trinajstić information content (AvgIpc) is 2.67. The fraction of sp³-hybridized carbons (Fsp3) is 0.857. The van der Waals surface area contributed by atoms with Gasteiger partial charge in [0.15, 0.2) is 0 Å². The van der Waals surface area contributed by atoms with Crippen molar-refractivity contribution in [3.63, 3.8) is 0 Å². The second-order valence-electron chi connectivity index (χ2n) is 4.88. The van der Waals surface area contributed by atoms with E-state index in [1.54, 1.807) is 6.92 Å². The molecule has 0 unspecified atom stereocenters. The lowest BCUT2D eigenvalue weighted by molar-refractivity contribution is -0.143. The third-order valence-corrected chi connectivity index (χ3v) is 3.27. The number of hydrogen-bond acceptors (Lipinski definition) is 4. The van der Waals surface area contributed by atoms with Crippen LogP contribution < -0.4 is 5.32 Å². The summed E-state index contributed by atoms with van der Waals surface area (Å²) >= 11 is 0. The maximum absolute atomic E-state index is 11.9. The van der Waals surface area contributed by atoms with Crippen LogP contribution in [0, 0.1) is 0 Å². The molecule has 0 radical (unpaired) electrons. The van der Waals surface area contributed by atoms with E-state index in [2.05, 4.69) is 5.32 Å². The summed E-state index contributed by atoms with van der Waals surface area (Å²) in [5.41, 5.74) is 0. The summed E-state index contributed by atoms with van der Waals surface area (Å²) in [5, 5.41) is 3.10. The number of carbonyl (C=O) groups is 2. The molecule has 1 saturated heterocycles. The highest BCUT2D eigenvalue weighted by Gasteiger charge is 2.14. The fourth-order valence-corrected chi connectivity index (χ4v) is 2.22. The predicted molar refractivity (Wildman–Crippen MR) is 73.8 cm³/mol. The molecule has 0 aromatic rings. The molecule has 0 bridgehead atoms. The van der Waals surface area contributed by atoms with Crippen molar-refractivity contribution in [1.29, 1.82) is 0 Å². The highest BCUT2D eigenvalue weighted by atomic mass is 16.5. The lowest BCUT2D eigenvalue weighted by Crippen LogP contribution is -2.39. The van der Waals surface area contributed by atoms with Crippen molar-refractivity contribution >= 4 is 11.9 Å². The summed E-state index contributed by atoms with van der Waals surface area (Å²) < 4.78 is 4.84. The largest absolute Gasteiger partial charge is 0.466 e. The van der Waals surface area contributed by atoms with Crippen molar-refractivity contribution in [3.8, 4) is 0 Å². The predicted octanol–water partition coefficient (Wildman–Crippen LogP) is 1.32. The van der Waals surface area contributed by atoms with Gasteiger partial charge in [-0.25, -0.2) is 0 Å². The Labute approximate surface area is 115 Å². The minimum Gasteiger partial charge on any atom is -0.466 e. The van der Waals surface area contributed by atoms with E-state index in [1.165, 1.54) is 12.8 Å². The van der Waals surface area contributed by atoms with Crippen molar-refractivity contribution in [2.45, 2.75) is 45.4 Å². The van der Waals surface area contributed by atoms with E-state index in [0.717, 1.165) is 25.9 Å². The Hall–Kier alpha value is -1.10. The minimum atomic E-state index is -0.164. The third kappa shape index (κ3) is 7.15. The molecule has 1 rings (SSSR count). The first-order valence-corrected chi connectivity index (χ1v) is 7.38. The van der Waals surface area contributed by atoms with Crippen LogP contribution in [-0.2, 0) is 14.3 Å². The van der Waals surface area contributed by atoms with Crippen LogP contribution in [0.15, 0.2) is 0 Å². The van der Waals surface area contributed by atoms with Gasteiger partial charge in [0, 0.05) is 19.5 Å². The summed E-state index contributed by atoms with van der Waals surface area (Å²) in [4.78, 5) is 25.0. The smallest absolute Gasteiger partial charge is 0.305 e. The van der Waals surface area contributed by atoms with Crippen molar-refractivity contribution in [2.24, 2.45) is 0 Å². The van der Waals surface area contributed by atoms with E-state index < -0.39 is 0 Å². The maximum atomic E-state index is 11.9. The summed E-state index contributed by atoms with van der Waals surface area (Å²) in [6.45, 7) is 5.07. The number of rotatable bonds is 7. The quantitative estimate of drug-likeness (QED) is 0.560. The van der Waals surface area contributed by atoms with Crippen LogP contribution in [0.2, 0.25) is 0 Å². The lowest BCUT2D eigenvalue weighted by atomic mass is 10.2. The van der Waals surface area contributed by atoms with Crippen molar-refractivity contribution in [3.05, 3.63) is 0 Å². The molecule has 5 heteroatoms. The molecule has 0 spiro atoms. The summed E-state index contributed by atoms with van der Waals surface area (Å²) in [6.07, 6.45) is 5.83. The van der Waals surface area contributed by atoms with Gasteiger partial charge in [-0.3, -0.25) is 9.59 Å². The van der Waals surface area contributed by atoms with Crippen molar-refractivity contribution < 1.29 is 14.3 Å². The summed E-state index contributed by atoms with van der Waals surface area (Å²) in [7, 11) is 0. The highest BCUT2D eigenvalue weighted by Crippen LogP contribution is 2.09. The molecule has 1 aliphatic rings. The van der Waals surface area contributed by atoms with Gasteiger partial charge in [0.2, 0.25) is 5.91 Å². The topological polar surface area (TPSA) is 58.6 Å². The normalized spacial score (nSPS) is 15.9. The van der Waals surface area contributed by atoms with Gasteiger partial charge in [-0.05, 0) is 32.7 Å². The van der Waals surface area contributed by atoms with Crippen LogP contribution in [0.3, 0.4) is 0 Å². The SMILES string of the molecule is CCOC(=O)CCCNCC(=O)N1CCCCCC1. The van der Waals surface area contributed by atoms with Gasteiger partial charge in [-0.1, -0.05) is 12.8 Å². The number of nitrogens with one attached hydrogen (secondary N) is 1. The molecule has 19 heavy (non-hydrogen) atoms. The number of ether oxygens (including phenoxy) is 1. The number of likely N-dealkylation sites (tertiary alicyclic amines) is 1. The molecule has 1 amide bonds. The minimum absolute atomic E-state index is 0.164. The van der Waals surface area contributed by atoms with Gasteiger partial charge in [-0.15, -0.1) is 0 Å². The molecule has 0 saturated carbocycles. The molecular weight excluding hydrogens is 244 g/mol. The van der Waals surface area contributed by atoms with Gasteiger partial charge >= 0.3 is 5.97 Å². The molecule has 0 atom stereocenters. The summed E-state index contributed by atoms with van der Waals surface area (Å²) in [6, 6.07) is 0. The van der Waals surface area contributed by atoms with Crippen LogP contribution in [0.5, 0.6) is 0 Å². The van der Waals surface area contributed by atoms with Crippen LogP contribution in [-0.4, -0.2) is 49.6 Å². The van der Waals surface area contributed by atoms with E-state index in [9.17, 15) is 9.59 Å². The molecule has 1 fully saturated rings. The molecule has 1 N–H and O–H groups in total. The van der Waals surface area contributed by atoms with Gasteiger partial charge in [0.1, 0.15) is 0 Å². The van der Waals surface area contributed by atoms with Crippen molar-refractivity contribution in [1.82, 2.24) is 10.2 Å². The van der Waals surface area contributed by atoms with E-state index >= 15 is 0 Å². The Kier molecular flexibility index (Phi) is 8.21. The number of hydrogen-bond donors (Lipinski definition) is 1. The maximum Gasteiger partial charge on any atom is 0.305 e. The van der Waals surface area contributed by atoms with Crippen LogP contribution in [0.4, 0.5) is 0 Å². The molecule has 0 aliphatic carbocycles. The zero-order valence-electron chi connectivity index (χ0n) is 12.0. The Bertz CT molecular complexity index is 274. The van der Waals surface area contributed by atoms with Gasteiger partial charge in [0.05, 0.1) is 13.2 Å². The van der Waals surface area contributed by atoms with Crippen LogP contribution >= 0.6 is 0 Å². The van der Waals surface area contributed by atoms with E-state index in [0.29, 0.717) is 32.5 Å². The van der Waals surface area contributed by atoms with Crippen LogP contribution in [0.1, 0.15) is 45.4 Å². The number of esters is 1.